The van der Waals surface area contributed by atoms with Crippen molar-refractivity contribution in [2.75, 3.05) is 20.1 Å². The van der Waals surface area contributed by atoms with Crippen molar-refractivity contribution in [1.29, 1.82) is 0 Å². The number of guanidine groups is 1. The zero-order valence-electron chi connectivity index (χ0n) is 19.7. The third-order valence-electron chi connectivity index (χ3n) is 5.78. The second kappa shape index (κ2) is 12.7. The lowest BCUT2D eigenvalue weighted by Gasteiger charge is -2.21. The number of benzene rings is 1. The fraction of sp³-hybridized carbons (Fsp3) is 0.500. The number of nitrogens with zero attached hydrogens (tertiary/aromatic N) is 7. The topological polar surface area (TPSA) is 76.2 Å². The van der Waals surface area contributed by atoms with Gasteiger partial charge >= 0.3 is 0 Å². The summed E-state index contributed by atoms with van der Waals surface area (Å²) in [6.07, 6.45) is 10.7. The molecule has 0 amide bonds. The third kappa shape index (κ3) is 6.78. The summed E-state index contributed by atoms with van der Waals surface area (Å²) in [6.45, 7) is 5.50. The molecule has 0 aliphatic carbocycles. The summed E-state index contributed by atoms with van der Waals surface area (Å²) in [7, 11) is 2.07. The monoisotopic (exact) mass is 562 g/mol. The van der Waals surface area contributed by atoms with Gasteiger partial charge in [0.25, 0.3) is 0 Å². The standard InChI is InChI=1S/C24H34N8.HI/c1-3-25-24(26-15-10-14-23-29-28-22-13-8-5-9-16-31(22)23)30(2)18-20-17-27-32(19-20)21-11-6-4-7-12-21;/h4,6-7,11-12,17,19H,3,5,8-10,13-16,18H2,1-2H3,(H,25,26);1H. The van der Waals surface area contributed by atoms with Crippen molar-refractivity contribution in [1.82, 2.24) is 34.8 Å². The highest BCUT2D eigenvalue weighted by Crippen LogP contribution is 2.15. The molecule has 9 heteroatoms. The Balaban J connectivity index is 0.00000306. The first kappa shape index (κ1) is 25.2. The summed E-state index contributed by atoms with van der Waals surface area (Å²) in [4.78, 5) is 7.00. The van der Waals surface area contributed by atoms with Crippen LogP contribution in [-0.4, -0.2) is 55.5 Å². The van der Waals surface area contributed by atoms with Gasteiger partial charge in [-0.25, -0.2) is 4.68 Å². The molecule has 0 bridgehead atoms. The van der Waals surface area contributed by atoms with Gasteiger partial charge in [-0.3, -0.25) is 4.99 Å². The Labute approximate surface area is 213 Å². The van der Waals surface area contributed by atoms with Gasteiger partial charge in [0.15, 0.2) is 5.96 Å². The lowest BCUT2D eigenvalue weighted by Crippen LogP contribution is -2.38. The molecular weight excluding hydrogens is 527 g/mol. The Morgan fingerprint density at radius 1 is 1.15 bits per heavy atom. The molecule has 1 aromatic carbocycles. The lowest BCUT2D eigenvalue weighted by molar-refractivity contribution is 0.476. The van der Waals surface area contributed by atoms with E-state index in [-0.39, 0.29) is 24.0 Å². The second-order valence-electron chi connectivity index (χ2n) is 8.32. The van der Waals surface area contributed by atoms with Crippen LogP contribution in [-0.2, 0) is 25.9 Å². The van der Waals surface area contributed by atoms with Gasteiger partial charge in [0, 0.05) is 57.8 Å². The molecule has 0 saturated heterocycles. The maximum atomic E-state index is 4.85. The highest BCUT2D eigenvalue weighted by molar-refractivity contribution is 14.0. The summed E-state index contributed by atoms with van der Waals surface area (Å²) < 4.78 is 4.24. The molecule has 178 valence electrons. The summed E-state index contributed by atoms with van der Waals surface area (Å²) in [5.41, 5.74) is 2.21. The van der Waals surface area contributed by atoms with Crippen molar-refractivity contribution < 1.29 is 0 Å². The number of hydrogen-bond donors (Lipinski definition) is 1. The number of aliphatic imine (C=N–C) groups is 1. The normalized spacial score (nSPS) is 13.7. The lowest BCUT2D eigenvalue weighted by atomic mass is 10.2. The van der Waals surface area contributed by atoms with E-state index < -0.39 is 0 Å². The maximum absolute atomic E-state index is 4.85. The van der Waals surface area contributed by atoms with Gasteiger partial charge in [-0.05, 0) is 38.3 Å². The first-order valence-electron chi connectivity index (χ1n) is 11.7. The van der Waals surface area contributed by atoms with E-state index in [1.807, 2.05) is 29.1 Å². The second-order valence-corrected chi connectivity index (χ2v) is 8.32. The van der Waals surface area contributed by atoms with Gasteiger partial charge in [-0.2, -0.15) is 5.10 Å². The molecule has 0 spiro atoms. The Morgan fingerprint density at radius 3 is 2.82 bits per heavy atom. The molecule has 1 aliphatic rings. The van der Waals surface area contributed by atoms with Crippen LogP contribution in [0, 0.1) is 0 Å². The van der Waals surface area contributed by atoms with Gasteiger partial charge in [-0.1, -0.05) is 24.6 Å². The van der Waals surface area contributed by atoms with E-state index in [2.05, 4.69) is 62.4 Å². The molecule has 8 nitrogen and oxygen atoms in total. The number of rotatable bonds is 8. The zero-order chi connectivity index (χ0) is 22.2. The van der Waals surface area contributed by atoms with Crippen LogP contribution in [0.15, 0.2) is 47.7 Å². The highest BCUT2D eigenvalue weighted by Gasteiger charge is 2.14. The number of fused-ring (bicyclic) bond motifs is 1. The van der Waals surface area contributed by atoms with E-state index in [0.29, 0.717) is 0 Å². The van der Waals surface area contributed by atoms with Crippen molar-refractivity contribution >= 4 is 29.9 Å². The molecule has 2 aromatic heterocycles. The number of aromatic nitrogens is 5. The number of para-hydroxylation sites is 1. The van der Waals surface area contributed by atoms with Crippen molar-refractivity contribution in [3.8, 4) is 5.69 Å². The SMILES string of the molecule is CCNC(=NCCCc1nnc2n1CCCCC2)N(C)Cc1cnn(-c2ccccc2)c1.I. The minimum Gasteiger partial charge on any atom is -0.357 e. The molecule has 33 heavy (non-hydrogen) atoms. The first-order valence-corrected chi connectivity index (χ1v) is 11.7. The molecule has 3 heterocycles. The van der Waals surface area contributed by atoms with E-state index in [9.17, 15) is 0 Å². The molecule has 1 N–H and O–H groups in total. The van der Waals surface area contributed by atoms with Crippen LogP contribution in [0.2, 0.25) is 0 Å². The Hall–Kier alpha value is -2.43. The quantitative estimate of drug-likeness (QED) is 0.196. The van der Waals surface area contributed by atoms with E-state index >= 15 is 0 Å². The Morgan fingerprint density at radius 2 is 2.00 bits per heavy atom. The highest BCUT2D eigenvalue weighted by atomic mass is 127. The summed E-state index contributed by atoms with van der Waals surface area (Å²) in [5.74, 6) is 3.19. The minimum absolute atomic E-state index is 0. The van der Waals surface area contributed by atoms with Gasteiger partial charge in [0.1, 0.15) is 11.6 Å². The predicted molar refractivity (Wildman–Crippen MR) is 142 cm³/mol. The Kier molecular flexibility index (Phi) is 9.71. The average Bonchev–Trinajstić information content (AvgIpc) is 3.36. The molecule has 1 aliphatic heterocycles. The molecular formula is C24H35IN8. The van der Waals surface area contributed by atoms with Crippen LogP contribution in [0.3, 0.4) is 0 Å². The molecule has 0 saturated carbocycles. The fourth-order valence-corrected chi connectivity index (χ4v) is 4.13. The van der Waals surface area contributed by atoms with E-state index in [1.165, 1.54) is 19.3 Å². The van der Waals surface area contributed by atoms with E-state index in [0.717, 1.165) is 74.3 Å². The van der Waals surface area contributed by atoms with Crippen LogP contribution >= 0.6 is 24.0 Å². The summed E-state index contributed by atoms with van der Waals surface area (Å²) in [6, 6.07) is 10.2. The number of aryl methyl sites for hydroxylation is 2. The van der Waals surface area contributed by atoms with Crippen molar-refractivity contribution in [2.45, 2.75) is 58.5 Å². The molecule has 0 fully saturated rings. The van der Waals surface area contributed by atoms with E-state index in [4.69, 9.17) is 4.99 Å². The number of hydrogen-bond acceptors (Lipinski definition) is 4. The van der Waals surface area contributed by atoms with Crippen molar-refractivity contribution in [3.05, 3.63) is 59.9 Å². The number of nitrogens with one attached hydrogen (secondary N) is 1. The molecule has 0 radical (unpaired) electrons. The van der Waals surface area contributed by atoms with E-state index in [1.54, 1.807) is 0 Å². The molecule has 0 atom stereocenters. The van der Waals surface area contributed by atoms with Crippen LogP contribution in [0.1, 0.15) is 49.8 Å². The van der Waals surface area contributed by atoms with Gasteiger partial charge in [0.2, 0.25) is 0 Å². The smallest absolute Gasteiger partial charge is 0.193 e. The Bertz CT molecular complexity index is 1010. The van der Waals surface area contributed by atoms with Gasteiger partial charge in [-0.15, -0.1) is 34.2 Å². The van der Waals surface area contributed by atoms with Crippen LogP contribution in [0.25, 0.3) is 5.69 Å². The molecule has 0 unspecified atom stereocenters. The number of halogens is 1. The largest absolute Gasteiger partial charge is 0.357 e. The van der Waals surface area contributed by atoms with Gasteiger partial charge < -0.3 is 14.8 Å². The van der Waals surface area contributed by atoms with Crippen molar-refractivity contribution in [3.63, 3.8) is 0 Å². The average molecular weight is 563 g/mol. The third-order valence-corrected chi connectivity index (χ3v) is 5.78. The van der Waals surface area contributed by atoms with Gasteiger partial charge in [0.05, 0.1) is 11.9 Å². The summed E-state index contributed by atoms with van der Waals surface area (Å²) >= 11 is 0. The van der Waals surface area contributed by atoms with Crippen LogP contribution in [0.5, 0.6) is 0 Å². The van der Waals surface area contributed by atoms with Crippen molar-refractivity contribution in [2.24, 2.45) is 4.99 Å². The van der Waals surface area contributed by atoms with Crippen LogP contribution in [0.4, 0.5) is 0 Å². The first-order chi connectivity index (χ1) is 15.7. The maximum Gasteiger partial charge on any atom is 0.193 e. The molecule has 3 aromatic rings. The minimum atomic E-state index is 0. The zero-order valence-corrected chi connectivity index (χ0v) is 22.0. The fourth-order valence-electron chi connectivity index (χ4n) is 4.13. The molecule has 4 rings (SSSR count). The summed E-state index contributed by atoms with van der Waals surface area (Å²) in [5, 5.41) is 16.8. The van der Waals surface area contributed by atoms with Crippen LogP contribution < -0.4 is 5.32 Å². The predicted octanol–water partition coefficient (Wildman–Crippen LogP) is 3.84.